The van der Waals surface area contributed by atoms with Crippen molar-refractivity contribution >= 4 is 28.6 Å². The van der Waals surface area contributed by atoms with Crippen molar-refractivity contribution in [2.45, 2.75) is 26.4 Å². The lowest BCUT2D eigenvalue weighted by molar-refractivity contribution is 0.0702. The molecule has 0 aliphatic carbocycles. The van der Waals surface area contributed by atoms with Gasteiger partial charge in [-0.3, -0.25) is 0 Å². The second kappa shape index (κ2) is 7.68. The number of hydrogen-bond acceptors (Lipinski definition) is 6. The third-order valence-corrected chi connectivity index (χ3v) is 5.80. The van der Waals surface area contributed by atoms with Crippen LogP contribution in [0.1, 0.15) is 35.5 Å². The molecule has 0 radical (unpaired) electrons. The van der Waals surface area contributed by atoms with E-state index in [1.54, 1.807) is 18.2 Å². The van der Waals surface area contributed by atoms with Crippen LogP contribution in [0.3, 0.4) is 0 Å². The summed E-state index contributed by atoms with van der Waals surface area (Å²) in [6.07, 6.45) is 0.850. The van der Waals surface area contributed by atoms with Crippen molar-refractivity contribution < 1.29 is 14.6 Å². The molecule has 3 aromatic rings. The molecule has 0 aliphatic heterocycles. The first-order chi connectivity index (χ1) is 12.5. The summed E-state index contributed by atoms with van der Waals surface area (Å²) in [4.78, 5) is 17.1. The van der Waals surface area contributed by atoms with Crippen molar-refractivity contribution in [1.29, 1.82) is 5.26 Å². The van der Waals surface area contributed by atoms with Crippen LogP contribution in [0.2, 0.25) is 0 Å². The lowest BCUT2D eigenvalue weighted by atomic mass is 10.1. The van der Waals surface area contributed by atoms with Gasteiger partial charge < -0.3 is 9.84 Å². The summed E-state index contributed by atoms with van der Waals surface area (Å²) in [5.74, 6) is -0.478. The van der Waals surface area contributed by atoms with Crippen LogP contribution in [0.5, 0.6) is 5.75 Å². The van der Waals surface area contributed by atoms with E-state index >= 15 is 0 Å². The predicted molar refractivity (Wildman–Crippen MR) is 103 cm³/mol. The Bertz CT molecular complexity index is 971. The quantitative estimate of drug-likeness (QED) is 0.624. The molecule has 0 fully saturated rings. The molecule has 1 aromatic carbocycles. The third-order valence-electron chi connectivity index (χ3n) is 3.83. The summed E-state index contributed by atoms with van der Waals surface area (Å²) in [6.45, 7) is 3.96. The number of ether oxygens (including phenoxy) is 1. The van der Waals surface area contributed by atoms with Crippen LogP contribution in [-0.4, -0.2) is 22.2 Å². The number of carboxylic acid groups (broad SMARTS) is 1. The predicted octanol–water partition coefficient (Wildman–Crippen LogP) is 5.29. The van der Waals surface area contributed by atoms with Crippen LogP contribution in [0.4, 0.5) is 0 Å². The molecule has 1 atom stereocenters. The van der Waals surface area contributed by atoms with Crippen molar-refractivity contribution in [2.75, 3.05) is 0 Å². The molecule has 1 N–H and O–H groups in total. The highest BCUT2D eigenvalue weighted by Gasteiger charge is 2.21. The lowest BCUT2D eigenvalue weighted by Crippen LogP contribution is -2.10. The first-order valence-electron chi connectivity index (χ1n) is 8.02. The molecule has 1 unspecified atom stereocenters. The first kappa shape index (κ1) is 18.1. The molecule has 2 heterocycles. The zero-order chi connectivity index (χ0) is 18.7. The fraction of sp³-hybridized carbons (Fsp3) is 0.211. The van der Waals surface area contributed by atoms with Crippen molar-refractivity contribution in [1.82, 2.24) is 4.98 Å². The van der Waals surface area contributed by atoms with E-state index in [0.29, 0.717) is 27.6 Å². The molecule has 0 aliphatic rings. The Labute approximate surface area is 159 Å². The minimum Gasteiger partial charge on any atom is -0.489 e. The molecule has 2 aromatic heterocycles. The number of nitrogens with zero attached hydrogens (tertiary/aromatic N) is 2. The van der Waals surface area contributed by atoms with Crippen LogP contribution in [-0.2, 0) is 0 Å². The molecule has 0 saturated carbocycles. The molecule has 5 nitrogen and oxygen atoms in total. The van der Waals surface area contributed by atoms with Crippen molar-refractivity contribution in [3.63, 3.8) is 0 Å². The van der Waals surface area contributed by atoms with Crippen LogP contribution in [0, 0.1) is 11.3 Å². The molecule has 0 amide bonds. The summed E-state index contributed by atoms with van der Waals surface area (Å²) in [5.41, 5.74) is 1.58. The Morgan fingerprint density at radius 3 is 2.85 bits per heavy atom. The number of thiophene rings is 1. The molecular weight excluding hydrogens is 368 g/mol. The van der Waals surface area contributed by atoms with Crippen LogP contribution in [0.15, 0.2) is 35.7 Å². The monoisotopic (exact) mass is 384 g/mol. The molecule has 0 saturated heterocycles. The van der Waals surface area contributed by atoms with Gasteiger partial charge >= 0.3 is 5.97 Å². The highest BCUT2D eigenvalue weighted by atomic mass is 32.1. The Morgan fingerprint density at radius 2 is 2.23 bits per heavy atom. The molecule has 26 heavy (non-hydrogen) atoms. The summed E-state index contributed by atoms with van der Waals surface area (Å²) in [6, 6.07) is 11.1. The van der Waals surface area contributed by atoms with Crippen molar-refractivity contribution in [3.05, 3.63) is 46.2 Å². The Kier molecular flexibility index (Phi) is 5.35. The zero-order valence-corrected chi connectivity index (χ0v) is 15.9. The minimum absolute atomic E-state index is 0.0110. The van der Waals surface area contributed by atoms with Gasteiger partial charge in [-0.05, 0) is 43.0 Å². The van der Waals surface area contributed by atoms with Gasteiger partial charge in [-0.1, -0.05) is 13.0 Å². The number of carbonyl (C=O) groups is 1. The number of benzene rings is 1. The van der Waals surface area contributed by atoms with Gasteiger partial charge in [0.05, 0.1) is 16.5 Å². The van der Waals surface area contributed by atoms with E-state index in [-0.39, 0.29) is 11.0 Å². The fourth-order valence-corrected chi connectivity index (χ4v) is 4.02. The number of nitriles is 1. The summed E-state index contributed by atoms with van der Waals surface area (Å²) >= 11 is 2.55. The molecule has 132 valence electrons. The number of thiazole rings is 1. The molecule has 0 spiro atoms. The standard InChI is InChI=1S/C19H16N2O3S2/c1-3-11(2)24-14-7-6-12(9-13(14)10-20)18-21-16(15-5-4-8-25-15)17(26-18)19(22)23/h4-9,11H,3H2,1-2H3,(H,22,23). The summed E-state index contributed by atoms with van der Waals surface area (Å²) in [5, 5.41) is 21.4. The van der Waals surface area contributed by atoms with E-state index in [1.807, 2.05) is 31.4 Å². The number of hydrogen-bond donors (Lipinski definition) is 1. The zero-order valence-electron chi connectivity index (χ0n) is 14.2. The van der Waals surface area contributed by atoms with Crippen molar-refractivity contribution in [2.24, 2.45) is 0 Å². The smallest absolute Gasteiger partial charge is 0.348 e. The fourth-order valence-electron chi connectivity index (χ4n) is 2.32. The third kappa shape index (κ3) is 3.62. The van der Waals surface area contributed by atoms with E-state index in [1.165, 1.54) is 11.3 Å². The largest absolute Gasteiger partial charge is 0.489 e. The average Bonchev–Trinajstić information content (AvgIpc) is 3.31. The average molecular weight is 384 g/mol. The maximum atomic E-state index is 11.6. The van der Waals surface area contributed by atoms with Gasteiger partial charge in [0.2, 0.25) is 0 Å². The van der Waals surface area contributed by atoms with E-state index in [9.17, 15) is 15.2 Å². The Balaban J connectivity index is 2.03. The SMILES string of the molecule is CCC(C)Oc1ccc(-c2nc(-c3cccs3)c(C(=O)O)s2)cc1C#N. The molecular formula is C19H16N2O3S2. The second-order valence-corrected chi connectivity index (χ2v) is 7.59. The number of aromatic carboxylic acids is 1. The maximum Gasteiger partial charge on any atom is 0.348 e. The number of aromatic nitrogens is 1. The summed E-state index contributed by atoms with van der Waals surface area (Å²) < 4.78 is 5.77. The summed E-state index contributed by atoms with van der Waals surface area (Å²) in [7, 11) is 0. The second-order valence-electron chi connectivity index (χ2n) is 5.64. The normalized spacial score (nSPS) is 11.7. The van der Waals surface area contributed by atoms with Gasteiger partial charge in [0.25, 0.3) is 0 Å². The molecule has 3 rings (SSSR count). The Morgan fingerprint density at radius 1 is 1.42 bits per heavy atom. The minimum atomic E-state index is -1.01. The van der Waals surface area contributed by atoms with Gasteiger partial charge in [-0.2, -0.15) is 5.26 Å². The van der Waals surface area contributed by atoms with E-state index in [0.717, 1.165) is 22.6 Å². The topological polar surface area (TPSA) is 83.2 Å². The Hall–Kier alpha value is -2.69. The van der Waals surface area contributed by atoms with Crippen LogP contribution >= 0.6 is 22.7 Å². The molecule has 7 heteroatoms. The van der Waals surface area contributed by atoms with Gasteiger partial charge in [0.1, 0.15) is 27.4 Å². The highest BCUT2D eigenvalue weighted by molar-refractivity contribution is 7.18. The van der Waals surface area contributed by atoms with Gasteiger partial charge in [0.15, 0.2) is 0 Å². The van der Waals surface area contributed by atoms with Crippen LogP contribution in [0.25, 0.3) is 21.1 Å². The number of rotatable bonds is 6. The van der Waals surface area contributed by atoms with Crippen molar-refractivity contribution in [3.8, 4) is 33.0 Å². The first-order valence-corrected chi connectivity index (χ1v) is 9.72. The number of carboxylic acids is 1. The van der Waals surface area contributed by atoms with Gasteiger partial charge in [-0.25, -0.2) is 9.78 Å². The highest BCUT2D eigenvalue weighted by Crippen LogP contribution is 2.37. The van der Waals surface area contributed by atoms with Gasteiger partial charge in [-0.15, -0.1) is 22.7 Å². The maximum absolute atomic E-state index is 11.6. The van der Waals surface area contributed by atoms with E-state index in [2.05, 4.69) is 11.1 Å². The van der Waals surface area contributed by atoms with E-state index < -0.39 is 5.97 Å². The molecule has 0 bridgehead atoms. The lowest BCUT2D eigenvalue weighted by Gasteiger charge is -2.14. The van der Waals surface area contributed by atoms with E-state index in [4.69, 9.17) is 4.74 Å². The van der Waals surface area contributed by atoms with Crippen LogP contribution < -0.4 is 4.74 Å². The van der Waals surface area contributed by atoms with Gasteiger partial charge in [0, 0.05) is 5.56 Å².